The third-order valence-corrected chi connectivity index (χ3v) is 3.73. The highest BCUT2D eigenvalue weighted by molar-refractivity contribution is 7.89. The van der Waals surface area contributed by atoms with Crippen molar-refractivity contribution in [1.29, 1.82) is 0 Å². The number of alkyl halides is 3. The van der Waals surface area contributed by atoms with Gasteiger partial charge < -0.3 is 0 Å². The quantitative estimate of drug-likeness (QED) is 0.926. The van der Waals surface area contributed by atoms with Crippen molar-refractivity contribution in [1.82, 2.24) is 0 Å². The molecule has 2 N–H and O–H groups in total. The minimum Gasteiger partial charge on any atom is -0.228 e. The van der Waals surface area contributed by atoms with E-state index in [9.17, 15) is 21.6 Å². The molecular formula is C11H14F3NO2S. The topological polar surface area (TPSA) is 60.2 Å². The fourth-order valence-corrected chi connectivity index (χ4v) is 2.53. The molecule has 0 heterocycles. The first-order valence-corrected chi connectivity index (χ1v) is 6.82. The van der Waals surface area contributed by atoms with E-state index in [-0.39, 0.29) is 11.5 Å². The molecule has 1 atom stereocenters. The molecule has 0 aliphatic carbocycles. The number of hydrogen-bond donors (Lipinski definition) is 1. The molecule has 18 heavy (non-hydrogen) atoms. The monoisotopic (exact) mass is 281 g/mol. The predicted molar refractivity (Wildman–Crippen MR) is 62.4 cm³/mol. The number of hydrogen-bond acceptors (Lipinski definition) is 2. The van der Waals surface area contributed by atoms with E-state index in [4.69, 9.17) is 0 Å². The van der Waals surface area contributed by atoms with Gasteiger partial charge in [-0.1, -0.05) is 38.1 Å². The molecule has 0 spiro atoms. The standard InChI is InChI=1S/C11H14F3NO2S/c1-7(2)8-3-5-9(6-4-8)10(11(12,13)14)18(15,16)17/h3-7,10H,1-2H3,(H2,15,16,17). The minimum atomic E-state index is -4.92. The largest absolute Gasteiger partial charge is 0.410 e. The molecule has 1 aromatic carbocycles. The summed E-state index contributed by atoms with van der Waals surface area (Å²) in [5, 5.41) is 1.97. The zero-order valence-corrected chi connectivity index (χ0v) is 10.7. The van der Waals surface area contributed by atoms with Crippen molar-refractivity contribution in [2.45, 2.75) is 31.2 Å². The second-order valence-electron chi connectivity index (χ2n) is 4.33. The Morgan fingerprint density at radius 3 is 1.72 bits per heavy atom. The number of benzene rings is 1. The Bertz CT molecular complexity index is 506. The third kappa shape index (κ3) is 3.46. The first-order valence-electron chi connectivity index (χ1n) is 5.21. The highest BCUT2D eigenvalue weighted by atomic mass is 32.2. The SMILES string of the molecule is CC(C)c1ccc(C(C(F)(F)F)S(N)(=O)=O)cc1. The second-order valence-corrected chi connectivity index (χ2v) is 5.98. The van der Waals surface area contributed by atoms with Crippen LogP contribution in [0.4, 0.5) is 13.2 Å². The van der Waals surface area contributed by atoms with Crippen molar-refractivity contribution >= 4 is 10.0 Å². The van der Waals surface area contributed by atoms with Crippen LogP contribution in [0.15, 0.2) is 24.3 Å². The highest BCUT2D eigenvalue weighted by Crippen LogP contribution is 2.38. The highest BCUT2D eigenvalue weighted by Gasteiger charge is 2.48. The number of nitrogens with two attached hydrogens (primary N) is 1. The Labute approximate surface area is 104 Å². The summed E-state index contributed by atoms with van der Waals surface area (Å²) in [7, 11) is -4.73. The summed E-state index contributed by atoms with van der Waals surface area (Å²) in [5.74, 6) is 0.151. The Morgan fingerprint density at radius 1 is 1.06 bits per heavy atom. The molecule has 0 aliphatic heterocycles. The molecular weight excluding hydrogens is 267 g/mol. The van der Waals surface area contributed by atoms with Gasteiger partial charge in [0, 0.05) is 0 Å². The predicted octanol–water partition coefficient (Wildman–Crippen LogP) is 2.70. The molecule has 3 nitrogen and oxygen atoms in total. The van der Waals surface area contributed by atoms with Crippen LogP contribution in [0.3, 0.4) is 0 Å². The molecule has 1 aromatic rings. The van der Waals surface area contributed by atoms with Crippen LogP contribution in [0.5, 0.6) is 0 Å². The molecule has 0 amide bonds. The van der Waals surface area contributed by atoms with Crippen molar-refractivity contribution in [3.8, 4) is 0 Å². The van der Waals surface area contributed by atoms with E-state index >= 15 is 0 Å². The van der Waals surface area contributed by atoms with Gasteiger partial charge in [-0.25, -0.2) is 13.6 Å². The first kappa shape index (κ1) is 15.0. The summed E-state index contributed by atoms with van der Waals surface area (Å²) in [4.78, 5) is 0. The number of primary sulfonamides is 1. The maximum absolute atomic E-state index is 12.7. The lowest BCUT2D eigenvalue weighted by molar-refractivity contribution is -0.131. The fourth-order valence-electron chi connectivity index (χ4n) is 1.62. The number of halogens is 3. The lowest BCUT2D eigenvalue weighted by Crippen LogP contribution is -2.33. The van der Waals surface area contributed by atoms with Gasteiger partial charge in [0.15, 0.2) is 5.25 Å². The molecule has 1 rings (SSSR count). The molecule has 0 fully saturated rings. The van der Waals surface area contributed by atoms with Gasteiger partial charge in [0.25, 0.3) is 0 Å². The summed E-state index contributed by atoms with van der Waals surface area (Å²) < 4.78 is 60.2. The molecule has 0 radical (unpaired) electrons. The van der Waals surface area contributed by atoms with Crippen LogP contribution in [-0.4, -0.2) is 14.6 Å². The molecule has 0 aliphatic rings. The second kappa shape index (κ2) is 4.89. The first-order chi connectivity index (χ1) is 8.03. The van der Waals surface area contributed by atoms with Gasteiger partial charge in [-0.3, -0.25) is 0 Å². The van der Waals surface area contributed by atoms with E-state index in [1.165, 1.54) is 12.1 Å². The lowest BCUT2D eigenvalue weighted by atomic mass is 10.0. The van der Waals surface area contributed by atoms with E-state index in [0.717, 1.165) is 17.7 Å². The van der Waals surface area contributed by atoms with Gasteiger partial charge in [0.1, 0.15) is 0 Å². The third-order valence-electron chi connectivity index (χ3n) is 2.53. The van der Waals surface area contributed by atoms with Crippen LogP contribution in [0, 0.1) is 0 Å². The summed E-state index contributed by atoms with van der Waals surface area (Å²) in [6, 6.07) is 5.25. The Hall–Kier alpha value is -1.08. The van der Waals surface area contributed by atoms with E-state index in [0.29, 0.717) is 0 Å². The Balaban J connectivity index is 3.24. The Kier molecular flexibility index (Phi) is 4.07. The zero-order chi connectivity index (χ0) is 14.1. The maximum Gasteiger partial charge on any atom is 0.410 e. The smallest absolute Gasteiger partial charge is 0.228 e. The van der Waals surface area contributed by atoms with Gasteiger partial charge >= 0.3 is 6.18 Å². The van der Waals surface area contributed by atoms with Crippen LogP contribution in [-0.2, 0) is 10.0 Å². The van der Waals surface area contributed by atoms with Crippen LogP contribution < -0.4 is 5.14 Å². The normalized spacial score (nSPS) is 14.8. The molecule has 0 aromatic heterocycles. The number of sulfonamides is 1. The molecule has 102 valence electrons. The van der Waals surface area contributed by atoms with Crippen molar-refractivity contribution in [2.24, 2.45) is 5.14 Å². The van der Waals surface area contributed by atoms with Crippen LogP contribution in [0.1, 0.15) is 36.1 Å². The zero-order valence-electron chi connectivity index (χ0n) is 9.90. The van der Waals surface area contributed by atoms with Gasteiger partial charge in [-0.15, -0.1) is 0 Å². The maximum atomic E-state index is 12.7. The van der Waals surface area contributed by atoms with Crippen molar-refractivity contribution < 1.29 is 21.6 Å². The van der Waals surface area contributed by atoms with Gasteiger partial charge in [-0.2, -0.15) is 13.2 Å². The molecule has 0 saturated heterocycles. The van der Waals surface area contributed by atoms with Crippen molar-refractivity contribution in [3.63, 3.8) is 0 Å². The van der Waals surface area contributed by atoms with E-state index < -0.39 is 21.4 Å². The molecule has 0 saturated carbocycles. The lowest BCUT2D eigenvalue weighted by Gasteiger charge is -2.19. The van der Waals surface area contributed by atoms with Gasteiger partial charge in [-0.05, 0) is 17.0 Å². The average molecular weight is 281 g/mol. The summed E-state index contributed by atoms with van der Waals surface area (Å²) in [6.07, 6.45) is -4.92. The fraction of sp³-hybridized carbons (Fsp3) is 0.455. The van der Waals surface area contributed by atoms with Crippen LogP contribution in [0.2, 0.25) is 0 Å². The van der Waals surface area contributed by atoms with E-state index in [1.54, 1.807) is 0 Å². The number of rotatable bonds is 3. The van der Waals surface area contributed by atoms with Gasteiger partial charge in [0.05, 0.1) is 0 Å². The molecule has 1 unspecified atom stereocenters. The Morgan fingerprint density at radius 2 is 1.44 bits per heavy atom. The van der Waals surface area contributed by atoms with Crippen molar-refractivity contribution in [3.05, 3.63) is 35.4 Å². The van der Waals surface area contributed by atoms with E-state index in [1.807, 2.05) is 13.8 Å². The summed E-state index contributed by atoms with van der Waals surface area (Å²) in [6.45, 7) is 3.77. The summed E-state index contributed by atoms with van der Waals surface area (Å²) in [5.41, 5.74) is 0.462. The van der Waals surface area contributed by atoms with E-state index in [2.05, 4.69) is 5.14 Å². The van der Waals surface area contributed by atoms with Crippen LogP contribution in [0.25, 0.3) is 0 Å². The van der Waals surface area contributed by atoms with Crippen LogP contribution >= 0.6 is 0 Å². The molecule has 7 heteroatoms. The molecule has 0 bridgehead atoms. The minimum absolute atomic E-state index is 0.151. The van der Waals surface area contributed by atoms with Crippen molar-refractivity contribution in [2.75, 3.05) is 0 Å². The average Bonchev–Trinajstić information content (AvgIpc) is 2.13. The van der Waals surface area contributed by atoms with Gasteiger partial charge in [0.2, 0.25) is 10.0 Å². The summed E-state index contributed by atoms with van der Waals surface area (Å²) >= 11 is 0.